The highest BCUT2D eigenvalue weighted by Crippen LogP contribution is 2.37. The van der Waals surface area contributed by atoms with Crippen LogP contribution in [0.2, 0.25) is 0 Å². The van der Waals surface area contributed by atoms with Crippen LogP contribution >= 0.6 is 11.3 Å². The topological polar surface area (TPSA) is 87.3 Å². The molecule has 0 saturated heterocycles. The molecule has 2 heterocycles. The molecule has 2 aromatic rings. The van der Waals surface area contributed by atoms with Crippen LogP contribution in [0.15, 0.2) is 6.07 Å². The van der Waals surface area contributed by atoms with Crippen LogP contribution in [0.3, 0.4) is 0 Å². The Balaban J connectivity index is 2.12. The lowest BCUT2D eigenvalue weighted by Crippen LogP contribution is -2.30. The van der Waals surface area contributed by atoms with Crippen LogP contribution in [-0.2, 0) is 6.42 Å². The third kappa shape index (κ3) is 2.44. The first-order valence-corrected chi connectivity index (χ1v) is 7.73. The second-order valence-corrected chi connectivity index (χ2v) is 6.06. The minimum absolute atomic E-state index is 0.123. The lowest BCUT2D eigenvalue weighted by molar-refractivity contribution is 0.301. The number of nitrogens with two attached hydrogens (primary N) is 1. The molecule has 20 heavy (non-hydrogen) atoms. The van der Waals surface area contributed by atoms with Gasteiger partial charge in [-0.05, 0) is 25.3 Å². The van der Waals surface area contributed by atoms with Gasteiger partial charge in [-0.25, -0.2) is 10.8 Å². The molecule has 0 unspecified atom stereocenters. The summed E-state index contributed by atoms with van der Waals surface area (Å²) in [7, 11) is 0. The SMILES string of the molecule is CCc1cc2c(N(CCO)C3CC3)nc(NN)nc2s1. The Morgan fingerprint density at radius 2 is 2.30 bits per heavy atom. The van der Waals surface area contributed by atoms with E-state index in [-0.39, 0.29) is 6.61 Å². The number of aromatic nitrogens is 2. The van der Waals surface area contributed by atoms with Gasteiger partial charge >= 0.3 is 0 Å². The molecule has 7 heteroatoms. The smallest absolute Gasteiger partial charge is 0.240 e. The summed E-state index contributed by atoms with van der Waals surface area (Å²) in [6.45, 7) is 2.85. The summed E-state index contributed by atoms with van der Waals surface area (Å²) >= 11 is 1.67. The number of hydrogen-bond donors (Lipinski definition) is 3. The fourth-order valence-corrected chi connectivity index (χ4v) is 3.33. The van der Waals surface area contributed by atoms with E-state index in [1.54, 1.807) is 11.3 Å². The second-order valence-electron chi connectivity index (χ2n) is 4.95. The molecule has 0 atom stereocenters. The number of nitrogens with zero attached hydrogens (tertiary/aromatic N) is 3. The van der Waals surface area contributed by atoms with E-state index in [1.807, 2.05) is 0 Å². The van der Waals surface area contributed by atoms with Crippen LogP contribution in [0, 0.1) is 0 Å². The van der Waals surface area contributed by atoms with Gasteiger partial charge in [0.15, 0.2) is 0 Å². The minimum atomic E-state index is 0.123. The first-order chi connectivity index (χ1) is 9.76. The second kappa shape index (κ2) is 5.51. The van der Waals surface area contributed by atoms with Gasteiger partial charge in [-0.3, -0.25) is 5.43 Å². The van der Waals surface area contributed by atoms with Gasteiger partial charge < -0.3 is 10.0 Å². The number of aliphatic hydroxyl groups is 1. The van der Waals surface area contributed by atoms with E-state index >= 15 is 0 Å². The van der Waals surface area contributed by atoms with E-state index in [1.165, 1.54) is 4.88 Å². The van der Waals surface area contributed by atoms with Gasteiger partial charge in [-0.1, -0.05) is 6.92 Å². The predicted octanol–water partition coefficient (Wildman–Crippen LogP) is 1.50. The molecular formula is C13H19N5OS. The Labute approximate surface area is 121 Å². The van der Waals surface area contributed by atoms with Crippen molar-refractivity contribution in [3.05, 3.63) is 10.9 Å². The highest BCUT2D eigenvalue weighted by atomic mass is 32.1. The van der Waals surface area contributed by atoms with Crippen LogP contribution in [0.4, 0.5) is 11.8 Å². The largest absolute Gasteiger partial charge is 0.395 e. The first-order valence-electron chi connectivity index (χ1n) is 6.91. The maximum Gasteiger partial charge on any atom is 0.240 e. The summed E-state index contributed by atoms with van der Waals surface area (Å²) in [5, 5.41) is 10.4. The van der Waals surface area contributed by atoms with Crippen molar-refractivity contribution < 1.29 is 5.11 Å². The van der Waals surface area contributed by atoms with E-state index in [2.05, 4.69) is 33.3 Å². The van der Waals surface area contributed by atoms with Crippen LogP contribution in [0.1, 0.15) is 24.6 Å². The van der Waals surface area contributed by atoms with Gasteiger partial charge in [-0.15, -0.1) is 11.3 Å². The molecule has 1 aliphatic rings. The van der Waals surface area contributed by atoms with Crippen molar-refractivity contribution >= 4 is 33.3 Å². The van der Waals surface area contributed by atoms with Crippen molar-refractivity contribution in [2.75, 3.05) is 23.5 Å². The lowest BCUT2D eigenvalue weighted by atomic mass is 10.3. The maximum absolute atomic E-state index is 9.30. The van der Waals surface area contributed by atoms with E-state index in [4.69, 9.17) is 5.84 Å². The third-order valence-corrected chi connectivity index (χ3v) is 4.68. The highest BCUT2D eigenvalue weighted by molar-refractivity contribution is 7.18. The molecule has 0 aromatic carbocycles. The molecule has 0 amide bonds. The van der Waals surface area contributed by atoms with Gasteiger partial charge in [0.1, 0.15) is 10.6 Å². The van der Waals surface area contributed by atoms with Crippen molar-refractivity contribution in [2.45, 2.75) is 32.2 Å². The number of rotatable bonds is 6. The average molecular weight is 293 g/mol. The molecule has 2 aromatic heterocycles. The van der Waals surface area contributed by atoms with Gasteiger partial charge in [0.05, 0.1) is 12.0 Å². The van der Waals surface area contributed by atoms with Crippen molar-refractivity contribution in [3.63, 3.8) is 0 Å². The standard InChI is InChI=1S/C13H19N5OS/c1-2-9-7-10-11(18(5-6-19)8-3-4-8)15-13(17-14)16-12(10)20-9/h7-8,19H,2-6,14H2,1H3,(H,15,16,17). The summed E-state index contributed by atoms with van der Waals surface area (Å²) in [6.07, 6.45) is 3.29. The molecule has 1 saturated carbocycles. The number of aryl methyl sites for hydroxylation is 1. The molecule has 6 nitrogen and oxygen atoms in total. The monoisotopic (exact) mass is 293 g/mol. The summed E-state index contributed by atoms with van der Waals surface area (Å²) in [5.41, 5.74) is 2.54. The van der Waals surface area contributed by atoms with Gasteiger partial charge in [0.25, 0.3) is 0 Å². The first kappa shape index (κ1) is 13.5. The molecule has 108 valence electrons. The fourth-order valence-electron chi connectivity index (χ4n) is 2.37. The number of anilines is 2. The van der Waals surface area contributed by atoms with Crippen LogP contribution in [0.5, 0.6) is 0 Å². The van der Waals surface area contributed by atoms with Crippen LogP contribution in [0.25, 0.3) is 10.2 Å². The molecule has 0 spiro atoms. The number of hydrazine groups is 1. The van der Waals surface area contributed by atoms with Crippen molar-refractivity contribution in [2.24, 2.45) is 5.84 Å². The molecule has 0 radical (unpaired) electrons. The van der Waals surface area contributed by atoms with Crippen molar-refractivity contribution in [1.29, 1.82) is 0 Å². The maximum atomic E-state index is 9.30. The molecular weight excluding hydrogens is 274 g/mol. The average Bonchev–Trinajstić information content (AvgIpc) is 3.22. The Bertz CT molecular complexity index is 610. The summed E-state index contributed by atoms with van der Waals surface area (Å²) in [4.78, 5) is 13.4. The predicted molar refractivity (Wildman–Crippen MR) is 82.1 cm³/mol. The molecule has 1 fully saturated rings. The van der Waals surface area contributed by atoms with Gasteiger partial charge in [-0.2, -0.15) is 4.98 Å². The minimum Gasteiger partial charge on any atom is -0.395 e. The zero-order valence-corrected chi connectivity index (χ0v) is 12.3. The number of nitrogen functional groups attached to an aromatic ring is 1. The Hall–Kier alpha value is -1.44. The van der Waals surface area contributed by atoms with E-state index in [0.717, 1.165) is 35.3 Å². The molecule has 4 N–H and O–H groups in total. The summed E-state index contributed by atoms with van der Waals surface area (Å²) in [6, 6.07) is 2.64. The van der Waals surface area contributed by atoms with Crippen molar-refractivity contribution in [3.8, 4) is 0 Å². The highest BCUT2D eigenvalue weighted by Gasteiger charge is 2.31. The van der Waals surface area contributed by atoms with Crippen LogP contribution < -0.4 is 16.2 Å². The fraction of sp³-hybridized carbons (Fsp3) is 0.538. The van der Waals surface area contributed by atoms with Crippen LogP contribution in [-0.4, -0.2) is 34.3 Å². The quantitative estimate of drug-likeness (QED) is 0.552. The Morgan fingerprint density at radius 3 is 2.90 bits per heavy atom. The molecule has 0 aliphatic heterocycles. The number of nitrogens with one attached hydrogen (secondary N) is 1. The van der Waals surface area contributed by atoms with Crippen molar-refractivity contribution in [1.82, 2.24) is 9.97 Å². The van der Waals surface area contributed by atoms with E-state index in [0.29, 0.717) is 18.5 Å². The number of hydrogen-bond acceptors (Lipinski definition) is 7. The third-order valence-electron chi connectivity index (χ3n) is 3.50. The Kier molecular flexibility index (Phi) is 3.73. The van der Waals surface area contributed by atoms with Gasteiger partial charge in [0, 0.05) is 17.5 Å². The zero-order chi connectivity index (χ0) is 14.1. The van der Waals surface area contributed by atoms with E-state index < -0.39 is 0 Å². The summed E-state index contributed by atoms with van der Waals surface area (Å²) in [5.74, 6) is 6.79. The molecule has 0 bridgehead atoms. The van der Waals surface area contributed by atoms with Gasteiger partial charge in [0.2, 0.25) is 5.95 Å². The number of fused-ring (bicyclic) bond motifs is 1. The summed E-state index contributed by atoms with van der Waals surface area (Å²) < 4.78 is 0. The number of aliphatic hydroxyl groups excluding tert-OH is 1. The van der Waals surface area contributed by atoms with E-state index in [9.17, 15) is 5.11 Å². The molecule has 3 rings (SSSR count). The normalized spacial score (nSPS) is 14.8. The lowest BCUT2D eigenvalue weighted by Gasteiger charge is -2.23. The number of thiophene rings is 1. The zero-order valence-electron chi connectivity index (χ0n) is 11.5. The Morgan fingerprint density at radius 1 is 1.50 bits per heavy atom. The molecule has 1 aliphatic carbocycles.